The van der Waals surface area contributed by atoms with E-state index in [0.717, 1.165) is 23.7 Å². The van der Waals surface area contributed by atoms with Crippen molar-refractivity contribution in [2.24, 2.45) is 23.7 Å². The summed E-state index contributed by atoms with van der Waals surface area (Å²) < 4.78 is 0. The lowest BCUT2D eigenvalue weighted by Gasteiger charge is -2.21. The lowest BCUT2D eigenvalue weighted by Crippen LogP contribution is -2.30. The summed E-state index contributed by atoms with van der Waals surface area (Å²) in [6.07, 6.45) is 14.8. The Bertz CT molecular complexity index is 238. The van der Waals surface area contributed by atoms with E-state index in [9.17, 15) is 0 Å². The molecule has 0 aromatic heterocycles. The van der Waals surface area contributed by atoms with Gasteiger partial charge in [0.1, 0.15) is 0 Å². The van der Waals surface area contributed by atoms with Crippen LogP contribution in [0.1, 0.15) is 44.9 Å². The first-order valence-electron chi connectivity index (χ1n) is 7.29. The fourth-order valence-corrected chi connectivity index (χ4v) is 3.26. The van der Waals surface area contributed by atoms with Gasteiger partial charge in [0.25, 0.3) is 0 Å². The molecule has 16 heavy (non-hydrogen) atoms. The van der Waals surface area contributed by atoms with Gasteiger partial charge in [-0.1, -0.05) is 12.2 Å². The van der Waals surface area contributed by atoms with Gasteiger partial charge in [-0.05, 0) is 81.7 Å². The van der Waals surface area contributed by atoms with Crippen molar-refractivity contribution in [1.29, 1.82) is 0 Å². The molecule has 0 aliphatic heterocycles. The normalized spacial score (nSPS) is 29.9. The van der Waals surface area contributed by atoms with Crippen LogP contribution in [0.25, 0.3) is 0 Å². The van der Waals surface area contributed by atoms with Crippen LogP contribution < -0.4 is 5.32 Å². The third-order valence-electron chi connectivity index (χ3n) is 4.65. The molecule has 1 heteroatoms. The van der Waals surface area contributed by atoms with E-state index in [2.05, 4.69) is 17.5 Å². The molecule has 0 heterocycles. The SMILES string of the molecule is C1=CCC(CNCC(C2CC2)C2CC2)CC1. The first-order valence-corrected chi connectivity index (χ1v) is 7.29. The minimum Gasteiger partial charge on any atom is -0.316 e. The highest BCUT2D eigenvalue weighted by molar-refractivity contribution is 4.93. The zero-order valence-electron chi connectivity index (χ0n) is 10.3. The second kappa shape index (κ2) is 4.91. The summed E-state index contributed by atoms with van der Waals surface area (Å²) in [4.78, 5) is 0. The van der Waals surface area contributed by atoms with Gasteiger partial charge in [-0.2, -0.15) is 0 Å². The molecule has 90 valence electrons. The zero-order chi connectivity index (χ0) is 10.8. The highest BCUT2D eigenvalue weighted by Crippen LogP contribution is 2.48. The first-order chi connectivity index (χ1) is 7.93. The van der Waals surface area contributed by atoms with E-state index in [1.807, 2.05) is 0 Å². The minimum absolute atomic E-state index is 0.920. The number of hydrogen-bond donors (Lipinski definition) is 1. The van der Waals surface area contributed by atoms with Crippen LogP contribution in [0, 0.1) is 23.7 Å². The summed E-state index contributed by atoms with van der Waals surface area (Å²) in [7, 11) is 0. The third kappa shape index (κ3) is 2.88. The van der Waals surface area contributed by atoms with Crippen LogP contribution in [-0.2, 0) is 0 Å². The van der Waals surface area contributed by atoms with Crippen molar-refractivity contribution in [3.8, 4) is 0 Å². The van der Waals surface area contributed by atoms with Crippen LogP contribution in [0.15, 0.2) is 12.2 Å². The van der Waals surface area contributed by atoms with Gasteiger partial charge in [0.2, 0.25) is 0 Å². The van der Waals surface area contributed by atoms with Crippen LogP contribution in [0.5, 0.6) is 0 Å². The lowest BCUT2D eigenvalue weighted by atomic mass is 9.93. The molecule has 1 atom stereocenters. The molecule has 1 N–H and O–H groups in total. The largest absolute Gasteiger partial charge is 0.316 e. The van der Waals surface area contributed by atoms with E-state index in [1.165, 1.54) is 58.0 Å². The lowest BCUT2D eigenvalue weighted by molar-refractivity contribution is 0.353. The van der Waals surface area contributed by atoms with Crippen molar-refractivity contribution in [2.45, 2.75) is 44.9 Å². The molecule has 0 aromatic carbocycles. The first kappa shape index (κ1) is 10.8. The Morgan fingerprint density at radius 1 is 1.00 bits per heavy atom. The fourth-order valence-electron chi connectivity index (χ4n) is 3.26. The summed E-state index contributed by atoms with van der Waals surface area (Å²) in [6, 6.07) is 0. The van der Waals surface area contributed by atoms with E-state index < -0.39 is 0 Å². The van der Waals surface area contributed by atoms with Gasteiger partial charge in [0, 0.05) is 0 Å². The fraction of sp³-hybridized carbons (Fsp3) is 0.867. The maximum Gasteiger partial charge on any atom is -0.00151 e. The van der Waals surface area contributed by atoms with Crippen LogP contribution in [-0.4, -0.2) is 13.1 Å². The van der Waals surface area contributed by atoms with Crippen molar-refractivity contribution in [3.05, 3.63) is 12.2 Å². The number of nitrogens with one attached hydrogen (secondary N) is 1. The van der Waals surface area contributed by atoms with Crippen LogP contribution in [0.2, 0.25) is 0 Å². The molecule has 3 rings (SSSR count). The van der Waals surface area contributed by atoms with Crippen molar-refractivity contribution < 1.29 is 0 Å². The molecule has 2 saturated carbocycles. The Hall–Kier alpha value is -0.300. The van der Waals surface area contributed by atoms with Gasteiger partial charge in [-0.15, -0.1) is 0 Å². The van der Waals surface area contributed by atoms with Crippen molar-refractivity contribution in [3.63, 3.8) is 0 Å². The summed E-state index contributed by atoms with van der Waals surface area (Å²) in [6.45, 7) is 2.58. The molecule has 0 saturated heterocycles. The summed E-state index contributed by atoms with van der Waals surface area (Å²) in [5, 5.41) is 3.76. The number of allylic oxidation sites excluding steroid dienone is 2. The Morgan fingerprint density at radius 2 is 1.75 bits per heavy atom. The molecule has 1 unspecified atom stereocenters. The van der Waals surface area contributed by atoms with E-state index in [-0.39, 0.29) is 0 Å². The van der Waals surface area contributed by atoms with Crippen LogP contribution in [0.4, 0.5) is 0 Å². The molecule has 2 fully saturated rings. The van der Waals surface area contributed by atoms with Gasteiger partial charge in [0.05, 0.1) is 0 Å². The Kier molecular flexibility index (Phi) is 3.32. The van der Waals surface area contributed by atoms with Gasteiger partial charge in [-0.3, -0.25) is 0 Å². The molecule has 1 nitrogen and oxygen atoms in total. The van der Waals surface area contributed by atoms with Crippen LogP contribution >= 0.6 is 0 Å². The van der Waals surface area contributed by atoms with E-state index >= 15 is 0 Å². The van der Waals surface area contributed by atoms with E-state index in [1.54, 1.807) is 0 Å². The van der Waals surface area contributed by atoms with Gasteiger partial charge >= 0.3 is 0 Å². The van der Waals surface area contributed by atoms with E-state index in [0.29, 0.717) is 0 Å². The third-order valence-corrected chi connectivity index (χ3v) is 4.65. The Labute approximate surface area is 99.7 Å². The predicted octanol–water partition coefficient (Wildman–Crippen LogP) is 3.37. The predicted molar refractivity (Wildman–Crippen MR) is 68.3 cm³/mol. The standard InChI is InChI=1S/C15H25N/c1-2-4-12(5-3-1)10-16-11-15(13-6-7-13)14-8-9-14/h1-2,12-16H,3-11H2. The van der Waals surface area contributed by atoms with Crippen molar-refractivity contribution >= 4 is 0 Å². The highest BCUT2D eigenvalue weighted by Gasteiger charge is 2.40. The van der Waals surface area contributed by atoms with Gasteiger partial charge < -0.3 is 5.32 Å². The number of rotatable bonds is 6. The van der Waals surface area contributed by atoms with Crippen molar-refractivity contribution in [2.75, 3.05) is 13.1 Å². The maximum absolute atomic E-state index is 3.76. The Morgan fingerprint density at radius 3 is 2.31 bits per heavy atom. The second-order valence-electron chi connectivity index (χ2n) is 6.15. The molecule has 3 aliphatic carbocycles. The molecule has 0 bridgehead atoms. The molecule has 0 spiro atoms. The second-order valence-corrected chi connectivity index (χ2v) is 6.15. The zero-order valence-corrected chi connectivity index (χ0v) is 10.3. The summed E-state index contributed by atoms with van der Waals surface area (Å²) >= 11 is 0. The molecule has 3 aliphatic rings. The monoisotopic (exact) mass is 219 g/mol. The molecular weight excluding hydrogens is 194 g/mol. The van der Waals surface area contributed by atoms with Gasteiger partial charge in [0.15, 0.2) is 0 Å². The van der Waals surface area contributed by atoms with Crippen molar-refractivity contribution in [1.82, 2.24) is 5.32 Å². The molecule has 0 radical (unpaired) electrons. The highest BCUT2D eigenvalue weighted by atomic mass is 14.9. The molecule has 0 amide bonds. The van der Waals surface area contributed by atoms with E-state index in [4.69, 9.17) is 0 Å². The van der Waals surface area contributed by atoms with Gasteiger partial charge in [-0.25, -0.2) is 0 Å². The topological polar surface area (TPSA) is 12.0 Å². The minimum atomic E-state index is 0.920. The maximum atomic E-state index is 3.76. The summed E-state index contributed by atoms with van der Waals surface area (Å²) in [5.41, 5.74) is 0. The molecule has 0 aromatic rings. The Balaban J connectivity index is 1.36. The smallest absolute Gasteiger partial charge is 0.00151 e. The molecular formula is C15H25N. The quantitative estimate of drug-likeness (QED) is 0.675. The average Bonchev–Trinajstić information content (AvgIpc) is 3.17. The van der Waals surface area contributed by atoms with Crippen LogP contribution in [0.3, 0.4) is 0 Å². The number of hydrogen-bond acceptors (Lipinski definition) is 1. The average molecular weight is 219 g/mol. The summed E-state index contributed by atoms with van der Waals surface area (Å²) in [5.74, 6) is 4.17.